The number of carbonyl (C=O) groups is 1. The van der Waals surface area contributed by atoms with Crippen molar-refractivity contribution in [1.29, 1.82) is 0 Å². The first-order valence-corrected chi connectivity index (χ1v) is 8.47. The molecular weight excluding hydrogens is 345 g/mol. The second kappa shape index (κ2) is 6.95. The molecule has 1 saturated heterocycles. The Morgan fingerprint density at radius 1 is 1.27 bits per heavy atom. The van der Waals surface area contributed by atoms with Gasteiger partial charge in [-0.1, -0.05) is 0 Å². The van der Waals surface area contributed by atoms with Crippen LogP contribution < -0.4 is 0 Å². The predicted octanol–water partition coefficient (Wildman–Crippen LogP) is 1.88. The molecule has 0 aliphatic carbocycles. The van der Waals surface area contributed by atoms with E-state index in [9.17, 15) is 9.90 Å². The minimum atomic E-state index is -0.664. The van der Waals surface area contributed by atoms with Crippen LogP contribution in [0.4, 0.5) is 0 Å². The Kier molecular flexibility index (Phi) is 5.43. The Balaban J connectivity index is 2.19. The first-order valence-electron chi connectivity index (χ1n) is 7.61. The third-order valence-corrected chi connectivity index (χ3v) is 4.83. The SMILES string of the molecule is CC(C)[C@H](O)[C@@H](C)C(=O)N1C(=[Se])O[C@H](c2ccccc2)[C@@H]1C. The Morgan fingerprint density at radius 2 is 1.86 bits per heavy atom. The number of aliphatic hydroxyl groups excluding tert-OH is 1. The van der Waals surface area contributed by atoms with E-state index in [1.807, 2.05) is 51.1 Å². The molecule has 1 aromatic rings. The van der Waals surface area contributed by atoms with Gasteiger partial charge in [0.25, 0.3) is 0 Å². The van der Waals surface area contributed by atoms with Crippen molar-refractivity contribution in [2.75, 3.05) is 0 Å². The number of hydrogen-bond acceptors (Lipinski definition) is 3. The number of ether oxygens (including phenoxy) is 1. The van der Waals surface area contributed by atoms with Crippen molar-refractivity contribution in [1.82, 2.24) is 4.90 Å². The summed E-state index contributed by atoms with van der Waals surface area (Å²) >= 11 is 2.84. The molecule has 0 unspecified atom stereocenters. The van der Waals surface area contributed by atoms with Crippen molar-refractivity contribution in [2.45, 2.75) is 45.9 Å². The van der Waals surface area contributed by atoms with Gasteiger partial charge in [-0.25, -0.2) is 0 Å². The summed E-state index contributed by atoms with van der Waals surface area (Å²) in [4.78, 5) is 14.4. The molecular formula is C17H23NO3Se. The number of aliphatic hydroxyl groups is 1. The van der Waals surface area contributed by atoms with Crippen LogP contribution in [-0.2, 0) is 9.53 Å². The maximum absolute atomic E-state index is 12.7. The molecule has 1 heterocycles. The topological polar surface area (TPSA) is 49.8 Å². The zero-order valence-corrected chi connectivity index (χ0v) is 15.1. The van der Waals surface area contributed by atoms with E-state index >= 15 is 0 Å². The van der Waals surface area contributed by atoms with Gasteiger partial charge >= 0.3 is 139 Å². The van der Waals surface area contributed by atoms with Crippen molar-refractivity contribution in [3.63, 3.8) is 0 Å². The summed E-state index contributed by atoms with van der Waals surface area (Å²) in [7, 11) is 0. The van der Waals surface area contributed by atoms with Crippen molar-refractivity contribution in [2.24, 2.45) is 11.8 Å². The second-order valence-corrected chi connectivity index (χ2v) is 6.92. The fraction of sp³-hybridized carbons (Fsp3) is 0.529. The zero-order valence-electron chi connectivity index (χ0n) is 13.4. The molecule has 0 saturated carbocycles. The molecule has 0 radical (unpaired) electrons. The fourth-order valence-electron chi connectivity index (χ4n) is 2.79. The van der Waals surface area contributed by atoms with Gasteiger partial charge in [0.2, 0.25) is 0 Å². The third kappa shape index (κ3) is 3.27. The molecule has 1 aliphatic rings. The molecule has 2 rings (SSSR count). The minimum absolute atomic E-state index is 0.0342. The first-order chi connectivity index (χ1) is 10.3. The van der Waals surface area contributed by atoms with Gasteiger partial charge in [-0.05, 0) is 0 Å². The zero-order chi connectivity index (χ0) is 16.4. The van der Waals surface area contributed by atoms with Gasteiger partial charge in [0, 0.05) is 0 Å². The van der Waals surface area contributed by atoms with Crippen LogP contribution in [0.15, 0.2) is 30.3 Å². The van der Waals surface area contributed by atoms with Gasteiger partial charge in [-0.2, -0.15) is 0 Å². The maximum atomic E-state index is 12.7. The Bertz CT molecular complexity index is 546. The molecule has 0 bridgehead atoms. The quantitative estimate of drug-likeness (QED) is 0.826. The molecule has 1 N–H and O–H groups in total. The van der Waals surface area contributed by atoms with Crippen LogP contribution in [0.1, 0.15) is 39.4 Å². The Hall–Kier alpha value is -1.16. The molecule has 1 amide bonds. The molecule has 4 atom stereocenters. The van der Waals surface area contributed by atoms with E-state index in [2.05, 4.69) is 15.6 Å². The summed E-state index contributed by atoms with van der Waals surface area (Å²) in [6.45, 7) is 7.55. The van der Waals surface area contributed by atoms with Gasteiger partial charge < -0.3 is 0 Å². The molecule has 1 aromatic carbocycles. The van der Waals surface area contributed by atoms with Crippen LogP contribution in [0.2, 0.25) is 0 Å². The van der Waals surface area contributed by atoms with E-state index in [0.29, 0.717) is 4.73 Å². The van der Waals surface area contributed by atoms with E-state index in [1.54, 1.807) is 11.8 Å². The predicted molar refractivity (Wildman–Crippen MR) is 87.3 cm³/mol. The number of hydrogen-bond donors (Lipinski definition) is 1. The summed E-state index contributed by atoms with van der Waals surface area (Å²) in [5.41, 5.74) is 1.04. The van der Waals surface area contributed by atoms with Gasteiger partial charge in [-0.15, -0.1) is 0 Å². The Morgan fingerprint density at radius 3 is 2.41 bits per heavy atom. The van der Waals surface area contributed by atoms with Crippen molar-refractivity contribution < 1.29 is 14.6 Å². The molecule has 1 fully saturated rings. The van der Waals surface area contributed by atoms with Crippen LogP contribution in [0, 0.1) is 11.8 Å². The van der Waals surface area contributed by atoms with E-state index < -0.39 is 12.0 Å². The molecule has 1 aliphatic heterocycles. The van der Waals surface area contributed by atoms with Crippen LogP contribution in [-0.4, -0.2) is 48.4 Å². The number of amides is 1. The number of carbonyl (C=O) groups excluding carboxylic acids is 1. The van der Waals surface area contributed by atoms with E-state index in [1.165, 1.54) is 0 Å². The Labute approximate surface area is 139 Å². The number of benzene rings is 1. The number of nitrogens with zero attached hydrogens (tertiary/aromatic N) is 1. The summed E-state index contributed by atoms with van der Waals surface area (Å²) in [6.07, 6.45) is -0.854. The standard InChI is InChI=1S/C17H23NO3Se/c1-10(2)14(19)11(3)16(20)18-12(4)15(21-17(18)22)13-8-6-5-7-9-13/h5-12,14-15,19H,1-4H3/t11-,12+,14+,15+/m1/s1. The van der Waals surface area contributed by atoms with Gasteiger partial charge in [0.05, 0.1) is 0 Å². The first kappa shape index (κ1) is 17.2. The van der Waals surface area contributed by atoms with Gasteiger partial charge in [0.15, 0.2) is 0 Å². The van der Waals surface area contributed by atoms with E-state index in [-0.39, 0.29) is 24.0 Å². The number of rotatable bonds is 4. The molecule has 22 heavy (non-hydrogen) atoms. The molecule has 0 aromatic heterocycles. The average molecular weight is 368 g/mol. The van der Waals surface area contributed by atoms with Crippen LogP contribution >= 0.6 is 0 Å². The molecule has 4 nitrogen and oxygen atoms in total. The molecule has 5 heteroatoms. The molecule has 0 spiro atoms. The van der Waals surface area contributed by atoms with Crippen molar-refractivity contribution >= 4 is 26.2 Å². The summed E-state index contributed by atoms with van der Waals surface area (Å²) in [5.74, 6) is -0.545. The van der Waals surface area contributed by atoms with Crippen molar-refractivity contribution in [3.05, 3.63) is 35.9 Å². The summed E-state index contributed by atoms with van der Waals surface area (Å²) < 4.78 is 6.35. The monoisotopic (exact) mass is 369 g/mol. The van der Waals surface area contributed by atoms with E-state index in [0.717, 1.165) is 5.56 Å². The van der Waals surface area contributed by atoms with Crippen molar-refractivity contribution in [3.8, 4) is 0 Å². The summed E-state index contributed by atoms with van der Waals surface area (Å²) in [5, 5.41) is 10.2. The average Bonchev–Trinajstić information content (AvgIpc) is 2.80. The van der Waals surface area contributed by atoms with Crippen LogP contribution in [0.3, 0.4) is 0 Å². The van der Waals surface area contributed by atoms with Crippen LogP contribution in [0.5, 0.6) is 0 Å². The second-order valence-electron chi connectivity index (χ2n) is 6.19. The van der Waals surface area contributed by atoms with Gasteiger partial charge in [-0.3, -0.25) is 0 Å². The third-order valence-electron chi connectivity index (χ3n) is 4.22. The van der Waals surface area contributed by atoms with Crippen LogP contribution in [0.25, 0.3) is 0 Å². The summed E-state index contributed by atoms with van der Waals surface area (Å²) in [6, 6.07) is 9.74. The van der Waals surface area contributed by atoms with E-state index in [4.69, 9.17) is 4.74 Å². The normalized spacial score (nSPS) is 24.3. The van der Waals surface area contributed by atoms with Gasteiger partial charge in [0.1, 0.15) is 0 Å². The fourth-order valence-corrected chi connectivity index (χ4v) is 3.54. The molecule has 120 valence electrons.